The number of aldehydes is 1. The van der Waals surface area contributed by atoms with E-state index >= 15 is 0 Å². The molecule has 0 unspecified atom stereocenters. The van der Waals surface area contributed by atoms with Crippen molar-refractivity contribution in [1.82, 2.24) is 4.98 Å². The van der Waals surface area contributed by atoms with E-state index in [-0.39, 0.29) is 0 Å². The summed E-state index contributed by atoms with van der Waals surface area (Å²) in [5, 5.41) is 0.530. The summed E-state index contributed by atoms with van der Waals surface area (Å²) in [7, 11) is 0. The van der Waals surface area contributed by atoms with Gasteiger partial charge < -0.3 is 4.74 Å². The molecule has 0 saturated carbocycles. The minimum atomic E-state index is 0.530. The molecule has 0 spiro atoms. The minimum Gasteiger partial charge on any atom is -0.493 e. The van der Waals surface area contributed by atoms with Gasteiger partial charge in [-0.3, -0.25) is 4.79 Å². The Bertz CT molecular complexity index is 594. The van der Waals surface area contributed by atoms with Gasteiger partial charge in [0.2, 0.25) is 0 Å². The van der Waals surface area contributed by atoms with E-state index in [0.717, 1.165) is 39.1 Å². The first-order valence-electron chi connectivity index (χ1n) is 5.15. The van der Waals surface area contributed by atoms with E-state index in [9.17, 15) is 4.79 Å². The highest BCUT2D eigenvalue weighted by atomic mass is 79.9. The van der Waals surface area contributed by atoms with Crippen molar-refractivity contribution < 1.29 is 9.53 Å². The van der Waals surface area contributed by atoms with Crippen molar-refractivity contribution in [1.29, 1.82) is 0 Å². The Morgan fingerprint density at radius 1 is 1.47 bits per heavy atom. The van der Waals surface area contributed by atoms with Gasteiger partial charge in [0.1, 0.15) is 5.75 Å². The van der Waals surface area contributed by atoms with Crippen LogP contribution in [0.25, 0.3) is 11.3 Å². The maximum absolute atomic E-state index is 10.8. The fourth-order valence-electron chi connectivity index (χ4n) is 1.87. The molecular formula is C12H8BrNO2S. The van der Waals surface area contributed by atoms with Crippen molar-refractivity contribution in [2.45, 2.75) is 6.42 Å². The first kappa shape index (κ1) is 10.9. The molecule has 2 heterocycles. The number of hydrogen-bond acceptors (Lipinski definition) is 4. The summed E-state index contributed by atoms with van der Waals surface area (Å²) in [5.74, 6) is 0.828. The number of hydrogen-bond donors (Lipinski definition) is 0. The zero-order valence-electron chi connectivity index (χ0n) is 8.77. The average molecular weight is 310 g/mol. The summed E-state index contributed by atoms with van der Waals surface area (Å²) in [6.07, 6.45) is 1.60. The first-order chi connectivity index (χ1) is 8.28. The van der Waals surface area contributed by atoms with Gasteiger partial charge in [0.15, 0.2) is 11.3 Å². The van der Waals surface area contributed by atoms with E-state index in [0.29, 0.717) is 11.6 Å². The summed E-state index contributed by atoms with van der Waals surface area (Å²) >= 11 is 4.89. The van der Waals surface area contributed by atoms with E-state index in [1.807, 2.05) is 18.2 Å². The molecule has 3 nitrogen and oxygen atoms in total. The normalized spacial score (nSPS) is 13.2. The fraction of sp³-hybridized carbons (Fsp3) is 0.167. The lowest BCUT2D eigenvalue weighted by atomic mass is 10.1. The summed E-state index contributed by atoms with van der Waals surface area (Å²) in [5.41, 5.74) is 1.84. The van der Waals surface area contributed by atoms with Crippen LogP contribution >= 0.6 is 27.3 Å². The smallest absolute Gasteiger partial charge is 0.178 e. The van der Waals surface area contributed by atoms with Gasteiger partial charge in [0, 0.05) is 21.3 Å². The van der Waals surface area contributed by atoms with Crippen LogP contribution < -0.4 is 4.74 Å². The third-order valence-electron chi connectivity index (χ3n) is 2.60. The van der Waals surface area contributed by atoms with Gasteiger partial charge in [-0.05, 0) is 18.2 Å². The second-order valence-electron chi connectivity index (χ2n) is 3.68. The Morgan fingerprint density at radius 2 is 2.35 bits per heavy atom. The van der Waals surface area contributed by atoms with Crippen LogP contribution in [0.4, 0.5) is 0 Å². The van der Waals surface area contributed by atoms with Crippen LogP contribution in [0.2, 0.25) is 0 Å². The van der Waals surface area contributed by atoms with Crippen LogP contribution in [0, 0.1) is 0 Å². The molecule has 0 aliphatic carbocycles. The third-order valence-corrected chi connectivity index (χ3v) is 4.13. The molecule has 0 amide bonds. The molecule has 1 aliphatic heterocycles. The predicted molar refractivity (Wildman–Crippen MR) is 69.8 cm³/mol. The van der Waals surface area contributed by atoms with Gasteiger partial charge in [-0.2, -0.15) is 0 Å². The highest BCUT2D eigenvalue weighted by molar-refractivity contribution is 9.10. The van der Waals surface area contributed by atoms with E-state index in [1.165, 1.54) is 11.3 Å². The maximum atomic E-state index is 10.8. The lowest BCUT2D eigenvalue weighted by Gasteiger charge is -2.06. The molecule has 0 fully saturated rings. The van der Waals surface area contributed by atoms with Crippen LogP contribution in [0.5, 0.6) is 5.75 Å². The molecule has 5 heteroatoms. The van der Waals surface area contributed by atoms with Crippen LogP contribution in [-0.2, 0) is 6.42 Å². The Hall–Kier alpha value is -1.20. The number of aromatic nitrogens is 1. The number of carbonyl (C=O) groups is 1. The molecule has 0 radical (unpaired) electrons. The molecule has 1 aromatic carbocycles. The van der Waals surface area contributed by atoms with E-state index < -0.39 is 0 Å². The molecule has 0 saturated heterocycles. The Labute approximate surface area is 111 Å². The van der Waals surface area contributed by atoms with Crippen LogP contribution in [0.1, 0.15) is 14.7 Å². The quantitative estimate of drug-likeness (QED) is 0.759. The van der Waals surface area contributed by atoms with Gasteiger partial charge in [0.05, 0.1) is 12.3 Å². The molecule has 3 rings (SSSR count). The molecule has 17 heavy (non-hydrogen) atoms. The highest BCUT2D eigenvalue weighted by Gasteiger charge is 2.20. The predicted octanol–water partition coefficient (Wildman–Crippen LogP) is 3.32. The second kappa shape index (κ2) is 4.23. The number of rotatable bonds is 1. The summed E-state index contributed by atoms with van der Waals surface area (Å²) in [6.45, 7) is 0.627. The van der Waals surface area contributed by atoms with Crippen molar-refractivity contribution in [2.24, 2.45) is 0 Å². The van der Waals surface area contributed by atoms with Gasteiger partial charge >= 0.3 is 0 Å². The largest absolute Gasteiger partial charge is 0.493 e. The number of nitrogens with zero attached hydrogens (tertiary/aromatic N) is 1. The standard InChI is InChI=1S/C12H8BrNO2S/c13-7-1-2-9-8(5-7)12-10(3-4-16-9)17-11(6-15)14-12/h1-2,5-6H,3-4H2. The van der Waals surface area contributed by atoms with Crippen molar-refractivity contribution in [3.63, 3.8) is 0 Å². The molecule has 0 bridgehead atoms. The summed E-state index contributed by atoms with van der Waals surface area (Å²) in [4.78, 5) is 16.3. The minimum absolute atomic E-state index is 0.530. The summed E-state index contributed by atoms with van der Waals surface area (Å²) < 4.78 is 6.66. The van der Waals surface area contributed by atoms with Crippen molar-refractivity contribution in [3.05, 3.63) is 32.6 Å². The maximum Gasteiger partial charge on any atom is 0.178 e. The zero-order valence-corrected chi connectivity index (χ0v) is 11.2. The Balaban J connectivity index is 2.24. The number of thiazole rings is 1. The molecule has 0 atom stereocenters. The number of benzene rings is 1. The summed E-state index contributed by atoms with van der Waals surface area (Å²) in [6, 6.07) is 5.85. The number of halogens is 1. The van der Waals surface area contributed by atoms with E-state index in [1.54, 1.807) is 0 Å². The first-order valence-corrected chi connectivity index (χ1v) is 6.76. The number of ether oxygens (including phenoxy) is 1. The fourth-order valence-corrected chi connectivity index (χ4v) is 3.10. The van der Waals surface area contributed by atoms with E-state index in [4.69, 9.17) is 4.74 Å². The molecular weight excluding hydrogens is 302 g/mol. The zero-order chi connectivity index (χ0) is 11.8. The van der Waals surface area contributed by atoms with Crippen LogP contribution in [0.3, 0.4) is 0 Å². The topological polar surface area (TPSA) is 39.2 Å². The van der Waals surface area contributed by atoms with Gasteiger partial charge in [-0.15, -0.1) is 11.3 Å². The molecule has 1 aliphatic rings. The van der Waals surface area contributed by atoms with Crippen LogP contribution in [0.15, 0.2) is 22.7 Å². The van der Waals surface area contributed by atoms with Gasteiger partial charge in [-0.25, -0.2) is 4.98 Å². The van der Waals surface area contributed by atoms with Crippen molar-refractivity contribution >= 4 is 33.6 Å². The molecule has 86 valence electrons. The monoisotopic (exact) mass is 309 g/mol. The van der Waals surface area contributed by atoms with Gasteiger partial charge in [0.25, 0.3) is 0 Å². The lowest BCUT2D eigenvalue weighted by Crippen LogP contribution is -1.97. The highest BCUT2D eigenvalue weighted by Crippen LogP contribution is 2.38. The Kier molecular flexibility index (Phi) is 2.72. The number of carbonyl (C=O) groups excluding carboxylic acids is 1. The number of fused-ring (bicyclic) bond motifs is 3. The lowest BCUT2D eigenvalue weighted by molar-refractivity contribution is 0.112. The third kappa shape index (κ3) is 1.89. The van der Waals surface area contributed by atoms with Crippen molar-refractivity contribution in [3.8, 4) is 17.0 Å². The van der Waals surface area contributed by atoms with Gasteiger partial charge in [-0.1, -0.05) is 15.9 Å². The SMILES string of the molecule is O=Cc1nc2c(s1)CCOc1ccc(Br)cc1-2. The molecule has 2 aromatic rings. The Morgan fingerprint density at radius 3 is 3.18 bits per heavy atom. The average Bonchev–Trinajstić information content (AvgIpc) is 2.67. The van der Waals surface area contributed by atoms with Crippen molar-refractivity contribution in [2.75, 3.05) is 6.61 Å². The second-order valence-corrected chi connectivity index (χ2v) is 5.71. The molecule has 1 aromatic heterocycles. The van der Waals surface area contributed by atoms with Crippen LogP contribution in [-0.4, -0.2) is 17.9 Å². The molecule has 0 N–H and O–H groups in total. The van der Waals surface area contributed by atoms with E-state index in [2.05, 4.69) is 20.9 Å².